The van der Waals surface area contributed by atoms with Crippen molar-refractivity contribution in [3.63, 3.8) is 0 Å². The van der Waals surface area contributed by atoms with Gasteiger partial charge in [-0.25, -0.2) is 8.42 Å². The number of anilines is 1. The van der Waals surface area contributed by atoms with Crippen LogP contribution in [0, 0.1) is 0 Å². The first-order chi connectivity index (χ1) is 12.6. The fourth-order valence-electron chi connectivity index (χ4n) is 2.13. The molecule has 0 heterocycles. The van der Waals surface area contributed by atoms with E-state index in [1.807, 2.05) is 13.8 Å². The molecule has 0 radical (unpaired) electrons. The van der Waals surface area contributed by atoms with Crippen LogP contribution in [-0.2, 0) is 24.4 Å². The zero-order valence-corrected chi connectivity index (χ0v) is 16.4. The van der Waals surface area contributed by atoms with Gasteiger partial charge in [-0.2, -0.15) is 0 Å². The summed E-state index contributed by atoms with van der Waals surface area (Å²) in [5.41, 5.74) is 1.13. The number of nitrogens with one attached hydrogen (secondary N) is 2. The predicted molar refractivity (Wildman–Crippen MR) is 97.5 cm³/mol. The first kappa shape index (κ1) is 23.3. The molecule has 0 aliphatic rings. The average Bonchev–Trinajstić information content (AvgIpc) is 2.54. The summed E-state index contributed by atoms with van der Waals surface area (Å²) in [6.07, 6.45) is 0.798. The molecule has 0 aliphatic carbocycles. The lowest BCUT2D eigenvalue weighted by Crippen LogP contribution is -2.30. The zero-order chi connectivity index (χ0) is 20.4. The van der Waals surface area contributed by atoms with Crippen LogP contribution in [0.15, 0.2) is 24.3 Å². The van der Waals surface area contributed by atoms with E-state index in [1.54, 1.807) is 24.3 Å². The Hall–Kier alpha value is -1.76. The molecule has 0 aromatic heterocycles. The summed E-state index contributed by atoms with van der Waals surface area (Å²) in [4.78, 5) is 16.4. The molecular weight excluding hydrogens is 378 g/mol. The third-order valence-corrected chi connectivity index (χ3v) is 3.91. The van der Waals surface area contributed by atoms with Gasteiger partial charge in [-0.3, -0.25) is 24.8 Å². The molecule has 10 nitrogen and oxygen atoms in total. The van der Waals surface area contributed by atoms with E-state index in [9.17, 15) is 13.2 Å². The largest absolute Gasteiger partial charge is 0.456 e. The van der Waals surface area contributed by atoms with Gasteiger partial charge in [0.25, 0.3) is 0 Å². The van der Waals surface area contributed by atoms with Crippen molar-refractivity contribution in [1.82, 2.24) is 10.7 Å². The van der Waals surface area contributed by atoms with Gasteiger partial charge in [-0.1, -0.05) is 26.0 Å². The van der Waals surface area contributed by atoms with E-state index in [-0.39, 0.29) is 25.5 Å². The van der Waals surface area contributed by atoms with Crippen LogP contribution in [0.4, 0.5) is 5.69 Å². The van der Waals surface area contributed by atoms with Crippen LogP contribution >= 0.6 is 0 Å². The third-order valence-electron chi connectivity index (χ3n) is 3.30. The Morgan fingerprint density at radius 3 is 2.37 bits per heavy atom. The Labute approximate surface area is 159 Å². The molecule has 1 unspecified atom stereocenters. The molecule has 1 aromatic carbocycles. The van der Waals surface area contributed by atoms with E-state index in [1.165, 1.54) is 0 Å². The summed E-state index contributed by atoms with van der Waals surface area (Å²) in [6.45, 7) is 4.26. The van der Waals surface area contributed by atoms with Gasteiger partial charge in [0.15, 0.2) is 0 Å². The monoisotopic (exact) mass is 405 g/mol. The number of rotatable bonds is 12. The zero-order valence-electron chi connectivity index (χ0n) is 15.6. The van der Waals surface area contributed by atoms with E-state index in [4.69, 9.17) is 15.2 Å². The van der Waals surface area contributed by atoms with Crippen molar-refractivity contribution >= 4 is 21.7 Å². The Morgan fingerprint density at radius 1 is 1.22 bits per heavy atom. The topological polar surface area (TPSA) is 137 Å². The normalized spacial score (nSPS) is 13.0. The molecule has 0 aliphatic heterocycles. The minimum atomic E-state index is -3.37. The molecule has 27 heavy (non-hydrogen) atoms. The van der Waals surface area contributed by atoms with Gasteiger partial charge in [0.2, 0.25) is 10.0 Å². The van der Waals surface area contributed by atoms with Crippen LogP contribution in [0.2, 0.25) is 0 Å². The summed E-state index contributed by atoms with van der Waals surface area (Å²) in [5.74, 6) is -0.463. The maximum atomic E-state index is 12.0. The summed E-state index contributed by atoms with van der Waals surface area (Å²) in [5, 5.41) is 19.6. The van der Waals surface area contributed by atoms with Gasteiger partial charge in [0.1, 0.15) is 6.10 Å². The fourth-order valence-corrected chi connectivity index (χ4v) is 2.69. The quantitative estimate of drug-likeness (QED) is 0.231. The fraction of sp³-hybridized carbons (Fsp3) is 0.562. The van der Waals surface area contributed by atoms with Crippen molar-refractivity contribution in [1.29, 1.82) is 0 Å². The van der Waals surface area contributed by atoms with Crippen LogP contribution in [0.5, 0.6) is 0 Å². The molecule has 154 valence electrons. The molecule has 0 spiro atoms. The first-order valence-corrected chi connectivity index (χ1v) is 10.3. The lowest BCUT2D eigenvalue weighted by molar-refractivity contribution is -0.492. The first-order valence-electron chi connectivity index (χ1n) is 8.38. The summed E-state index contributed by atoms with van der Waals surface area (Å²) >= 11 is 0. The highest BCUT2D eigenvalue weighted by Crippen LogP contribution is 2.21. The minimum Gasteiger partial charge on any atom is -0.456 e. The molecule has 0 fully saturated rings. The van der Waals surface area contributed by atoms with E-state index in [0.717, 1.165) is 6.26 Å². The van der Waals surface area contributed by atoms with Crippen molar-refractivity contribution < 1.29 is 33.2 Å². The maximum Gasteiger partial charge on any atom is 0.306 e. The Morgan fingerprint density at radius 2 is 1.85 bits per heavy atom. The Kier molecular flexibility index (Phi) is 9.63. The second kappa shape index (κ2) is 11.2. The highest BCUT2D eigenvalue weighted by molar-refractivity contribution is 7.92. The van der Waals surface area contributed by atoms with Crippen molar-refractivity contribution in [3.05, 3.63) is 29.8 Å². The van der Waals surface area contributed by atoms with Crippen molar-refractivity contribution in [2.75, 3.05) is 24.1 Å². The van der Waals surface area contributed by atoms with Gasteiger partial charge in [0.05, 0.1) is 18.3 Å². The highest BCUT2D eigenvalue weighted by Gasteiger charge is 2.17. The van der Waals surface area contributed by atoms with Gasteiger partial charge in [0, 0.05) is 24.7 Å². The van der Waals surface area contributed by atoms with E-state index in [2.05, 4.69) is 14.9 Å². The van der Waals surface area contributed by atoms with E-state index in [0.29, 0.717) is 17.8 Å². The molecule has 1 rings (SSSR count). The van der Waals surface area contributed by atoms with Gasteiger partial charge in [-0.15, -0.1) is 0 Å². The summed E-state index contributed by atoms with van der Waals surface area (Å²) < 4.78 is 30.4. The number of esters is 1. The number of hydrogen-bond donors (Lipinski definition) is 4. The number of hydrogen-bond acceptors (Lipinski definition) is 9. The Bertz CT molecular complexity index is 678. The standard InChI is InChI=1S/C16H27N3O7S/c1-12(2)17-11-15(26-16(20)5-4-10-25-19(21)22)13-6-8-14(9-7-13)18-27(3,23)24/h6-9,12,15,17-18,21-22H,4-5,10-11H2,1-3H3. The van der Waals surface area contributed by atoms with Crippen molar-refractivity contribution in [2.45, 2.75) is 38.8 Å². The maximum absolute atomic E-state index is 12.0. The van der Waals surface area contributed by atoms with Crippen LogP contribution in [0.3, 0.4) is 0 Å². The molecule has 11 heteroatoms. The van der Waals surface area contributed by atoms with Crippen molar-refractivity contribution in [3.8, 4) is 0 Å². The van der Waals surface area contributed by atoms with E-state index < -0.39 is 27.5 Å². The number of benzene rings is 1. The molecular formula is C16H27N3O7S. The summed E-state index contributed by atoms with van der Waals surface area (Å²) in [7, 11) is -3.37. The average molecular weight is 405 g/mol. The molecule has 0 saturated carbocycles. The second-order valence-corrected chi connectivity index (χ2v) is 7.98. The smallest absolute Gasteiger partial charge is 0.306 e. The summed E-state index contributed by atoms with van der Waals surface area (Å²) in [6, 6.07) is 6.75. The van der Waals surface area contributed by atoms with Crippen LogP contribution in [-0.4, -0.2) is 55.6 Å². The highest BCUT2D eigenvalue weighted by atomic mass is 32.2. The van der Waals surface area contributed by atoms with Crippen LogP contribution < -0.4 is 10.0 Å². The third kappa shape index (κ3) is 10.9. The molecule has 1 atom stereocenters. The molecule has 4 N–H and O–H groups in total. The Balaban J connectivity index is 2.71. The molecule has 0 amide bonds. The lowest BCUT2D eigenvalue weighted by atomic mass is 10.1. The van der Waals surface area contributed by atoms with Gasteiger partial charge >= 0.3 is 5.97 Å². The lowest BCUT2D eigenvalue weighted by Gasteiger charge is -2.21. The SMILES string of the molecule is CC(C)NCC(OC(=O)CCCON(O)O)c1ccc(NS(C)(=O)=O)cc1. The van der Waals surface area contributed by atoms with Gasteiger partial charge < -0.3 is 10.1 Å². The number of sulfonamides is 1. The van der Waals surface area contributed by atoms with Gasteiger partial charge in [-0.05, 0) is 24.1 Å². The van der Waals surface area contributed by atoms with Crippen molar-refractivity contribution in [2.24, 2.45) is 0 Å². The number of carbonyl (C=O) groups excluding carboxylic acids is 1. The second-order valence-electron chi connectivity index (χ2n) is 6.23. The van der Waals surface area contributed by atoms with Crippen LogP contribution in [0.25, 0.3) is 0 Å². The number of ether oxygens (including phenoxy) is 1. The van der Waals surface area contributed by atoms with E-state index >= 15 is 0 Å². The molecule has 0 bridgehead atoms. The minimum absolute atomic E-state index is 0.0414. The van der Waals surface area contributed by atoms with Crippen LogP contribution in [0.1, 0.15) is 38.4 Å². The predicted octanol–water partition coefficient (Wildman–Crippen LogP) is 1.43. The number of nitrogens with zero attached hydrogens (tertiary/aromatic N) is 1. The number of carbonyl (C=O) groups is 1. The molecule has 0 saturated heterocycles. The molecule has 1 aromatic rings.